The fourth-order valence-corrected chi connectivity index (χ4v) is 3.59. The van der Waals surface area contributed by atoms with Crippen LogP contribution in [0.5, 0.6) is 0 Å². The summed E-state index contributed by atoms with van der Waals surface area (Å²) in [4.78, 5) is 22.2. The fourth-order valence-electron chi connectivity index (χ4n) is 3.59. The molecule has 1 aliphatic heterocycles. The molecule has 0 fully saturated rings. The molecule has 1 aliphatic rings. The van der Waals surface area contributed by atoms with Crippen LogP contribution in [0, 0.1) is 11.6 Å². The van der Waals surface area contributed by atoms with Crippen molar-refractivity contribution in [3.8, 4) is 11.3 Å². The van der Waals surface area contributed by atoms with Gasteiger partial charge in [0.2, 0.25) is 0 Å². The third-order valence-electron chi connectivity index (χ3n) is 4.96. The van der Waals surface area contributed by atoms with Gasteiger partial charge in [-0.1, -0.05) is 6.07 Å². The molecule has 4 heterocycles. The molecule has 1 amide bonds. The third-order valence-corrected chi connectivity index (χ3v) is 4.96. The zero-order chi connectivity index (χ0) is 19.3. The number of rotatable bonds is 3. The minimum Gasteiger partial charge on any atom is -0.328 e. The summed E-state index contributed by atoms with van der Waals surface area (Å²) >= 11 is 0. The number of pyridine rings is 2. The molecule has 1 aromatic carbocycles. The lowest BCUT2D eigenvalue weighted by atomic mass is 10.1. The van der Waals surface area contributed by atoms with E-state index in [1.165, 1.54) is 17.0 Å². The highest BCUT2D eigenvalue weighted by Crippen LogP contribution is 2.28. The second-order valence-corrected chi connectivity index (χ2v) is 6.64. The van der Waals surface area contributed by atoms with E-state index < -0.39 is 11.6 Å². The molecular formula is C21H14F2N4O. The van der Waals surface area contributed by atoms with Gasteiger partial charge in [0.1, 0.15) is 17.3 Å². The lowest BCUT2D eigenvalue weighted by Gasteiger charge is -2.17. The van der Waals surface area contributed by atoms with Gasteiger partial charge in [0.15, 0.2) is 0 Å². The van der Waals surface area contributed by atoms with Gasteiger partial charge in [0.25, 0.3) is 5.91 Å². The zero-order valence-corrected chi connectivity index (χ0v) is 14.6. The predicted molar refractivity (Wildman–Crippen MR) is 98.4 cm³/mol. The van der Waals surface area contributed by atoms with Crippen LogP contribution in [-0.2, 0) is 13.1 Å². The quantitative estimate of drug-likeness (QED) is 0.546. The molecule has 28 heavy (non-hydrogen) atoms. The number of hydrogen-bond donors (Lipinski definition) is 0. The minimum atomic E-state index is -0.691. The summed E-state index contributed by atoms with van der Waals surface area (Å²) < 4.78 is 31.4. The van der Waals surface area contributed by atoms with Gasteiger partial charge in [-0.3, -0.25) is 14.2 Å². The molecule has 3 aromatic heterocycles. The summed E-state index contributed by atoms with van der Waals surface area (Å²) in [6.45, 7) is 0.0897. The molecule has 138 valence electrons. The largest absolute Gasteiger partial charge is 0.328 e. The van der Waals surface area contributed by atoms with Crippen molar-refractivity contribution in [2.75, 3.05) is 0 Å². The van der Waals surface area contributed by atoms with E-state index in [4.69, 9.17) is 0 Å². The summed E-state index contributed by atoms with van der Waals surface area (Å²) in [5, 5.41) is 0. The van der Waals surface area contributed by atoms with E-state index in [9.17, 15) is 13.6 Å². The Kier molecular flexibility index (Phi) is 3.68. The standard InChI is InChI=1S/C21H14F2N4O/c22-16-9-13(19-4-1-5-20-25-7-8-27(19)20)10-17(23)15(16)11-26-12-18-14(21(26)28)3-2-6-24-18/h1-10H,11-12H2. The minimum absolute atomic E-state index is 0.136. The number of carbonyl (C=O) groups excluding carboxylic acids is 1. The van der Waals surface area contributed by atoms with Crippen LogP contribution in [0.4, 0.5) is 8.78 Å². The van der Waals surface area contributed by atoms with Gasteiger partial charge in [-0.15, -0.1) is 0 Å². The summed E-state index contributed by atoms with van der Waals surface area (Å²) in [5.41, 5.74) is 2.69. The van der Waals surface area contributed by atoms with Crippen molar-refractivity contribution in [2.45, 2.75) is 13.1 Å². The highest BCUT2D eigenvalue weighted by Gasteiger charge is 2.29. The summed E-state index contributed by atoms with van der Waals surface area (Å²) in [6.07, 6.45) is 4.97. The number of imidazole rings is 1. The van der Waals surface area contributed by atoms with Crippen LogP contribution in [0.25, 0.3) is 16.9 Å². The topological polar surface area (TPSA) is 50.5 Å². The number of aromatic nitrogens is 3. The van der Waals surface area contributed by atoms with Crippen molar-refractivity contribution in [3.63, 3.8) is 0 Å². The van der Waals surface area contributed by atoms with E-state index in [2.05, 4.69) is 9.97 Å². The van der Waals surface area contributed by atoms with E-state index in [-0.39, 0.29) is 24.6 Å². The van der Waals surface area contributed by atoms with Crippen LogP contribution < -0.4 is 0 Å². The normalized spacial score (nSPS) is 13.4. The summed E-state index contributed by atoms with van der Waals surface area (Å²) in [6, 6.07) is 11.3. The van der Waals surface area contributed by atoms with Crippen LogP contribution in [0.15, 0.2) is 61.1 Å². The first-order valence-electron chi connectivity index (χ1n) is 8.75. The maximum Gasteiger partial charge on any atom is 0.256 e. The van der Waals surface area contributed by atoms with Crippen molar-refractivity contribution in [1.82, 2.24) is 19.3 Å². The monoisotopic (exact) mass is 376 g/mol. The van der Waals surface area contributed by atoms with Gasteiger partial charge in [-0.25, -0.2) is 13.8 Å². The Morgan fingerprint density at radius 1 is 1.00 bits per heavy atom. The van der Waals surface area contributed by atoms with E-state index in [0.717, 1.165) is 0 Å². The smallest absolute Gasteiger partial charge is 0.256 e. The van der Waals surface area contributed by atoms with Crippen LogP contribution in [0.2, 0.25) is 0 Å². The Labute approximate surface area is 158 Å². The SMILES string of the molecule is O=C1c2cccnc2CN1Cc1c(F)cc(-c2cccc3nccn23)cc1F. The van der Waals surface area contributed by atoms with Crippen LogP contribution >= 0.6 is 0 Å². The molecular weight excluding hydrogens is 362 g/mol. The number of amides is 1. The van der Waals surface area contributed by atoms with Gasteiger partial charge in [0, 0.05) is 29.7 Å². The van der Waals surface area contributed by atoms with E-state index >= 15 is 0 Å². The Hall–Kier alpha value is -3.61. The van der Waals surface area contributed by atoms with Crippen molar-refractivity contribution in [3.05, 3.63) is 89.5 Å². The molecule has 0 unspecified atom stereocenters. The molecule has 0 aliphatic carbocycles. The molecule has 0 bridgehead atoms. The van der Waals surface area contributed by atoms with E-state index in [1.54, 1.807) is 47.3 Å². The predicted octanol–water partition coefficient (Wildman–Crippen LogP) is 3.83. The number of nitrogens with zero attached hydrogens (tertiary/aromatic N) is 4. The van der Waals surface area contributed by atoms with Gasteiger partial charge >= 0.3 is 0 Å². The number of hydrogen-bond acceptors (Lipinski definition) is 3. The van der Waals surface area contributed by atoms with Crippen molar-refractivity contribution < 1.29 is 13.6 Å². The molecule has 5 rings (SSSR count). The van der Waals surface area contributed by atoms with E-state index in [0.29, 0.717) is 28.2 Å². The second kappa shape index (κ2) is 6.23. The molecule has 7 heteroatoms. The zero-order valence-electron chi connectivity index (χ0n) is 14.6. The average molecular weight is 376 g/mol. The second-order valence-electron chi connectivity index (χ2n) is 6.64. The molecule has 0 saturated heterocycles. The molecule has 0 saturated carbocycles. The van der Waals surface area contributed by atoms with Gasteiger partial charge in [-0.05, 0) is 36.4 Å². The lowest BCUT2D eigenvalue weighted by Crippen LogP contribution is -2.24. The van der Waals surface area contributed by atoms with Gasteiger partial charge in [-0.2, -0.15) is 0 Å². The molecule has 0 atom stereocenters. The van der Waals surface area contributed by atoms with Crippen LogP contribution in [-0.4, -0.2) is 25.2 Å². The molecule has 0 radical (unpaired) electrons. The highest BCUT2D eigenvalue weighted by molar-refractivity contribution is 5.97. The van der Waals surface area contributed by atoms with Crippen LogP contribution in [0.3, 0.4) is 0 Å². The first kappa shape index (κ1) is 16.6. The van der Waals surface area contributed by atoms with Crippen molar-refractivity contribution >= 4 is 11.6 Å². The maximum absolute atomic E-state index is 14.8. The molecule has 0 spiro atoms. The number of fused-ring (bicyclic) bond motifs is 2. The Morgan fingerprint density at radius 2 is 1.82 bits per heavy atom. The third kappa shape index (κ3) is 2.55. The molecule has 0 N–H and O–H groups in total. The van der Waals surface area contributed by atoms with Crippen molar-refractivity contribution in [1.29, 1.82) is 0 Å². The van der Waals surface area contributed by atoms with Gasteiger partial charge < -0.3 is 4.90 Å². The Morgan fingerprint density at radius 3 is 2.61 bits per heavy atom. The maximum atomic E-state index is 14.8. The van der Waals surface area contributed by atoms with Crippen LogP contribution in [0.1, 0.15) is 21.6 Å². The Bertz CT molecular complexity index is 1210. The summed E-state index contributed by atoms with van der Waals surface area (Å²) in [5.74, 6) is -1.65. The van der Waals surface area contributed by atoms with Crippen molar-refractivity contribution in [2.24, 2.45) is 0 Å². The highest BCUT2D eigenvalue weighted by atomic mass is 19.1. The first-order chi connectivity index (χ1) is 13.6. The summed E-state index contributed by atoms with van der Waals surface area (Å²) in [7, 11) is 0. The molecule has 5 nitrogen and oxygen atoms in total. The van der Waals surface area contributed by atoms with Gasteiger partial charge in [0.05, 0.1) is 30.0 Å². The number of carbonyl (C=O) groups is 1. The lowest BCUT2D eigenvalue weighted by molar-refractivity contribution is 0.0763. The Balaban J connectivity index is 1.50. The average Bonchev–Trinajstić information content (AvgIpc) is 3.29. The molecule has 4 aromatic rings. The van der Waals surface area contributed by atoms with E-state index in [1.807, 2.05) is 6.07 Å². The number of benzene rings is 1. The number of halogens is 2. The fraction of sp³-hybridized carbons (Fsp3) is 0.0952. The first-order valence-corrected chi connectivity index (χ1v) is 8.75.